The Balaban J connectivity index is 2.02. The van der Waals surface area contributed by atoms with Crippen LogP contribution in [0.2, 0.25) is 0 Å². The number of nitrogens with zero attached hydrogens (tertiary/aromatic N) is 1. The topological polar surface area (TPSA) is 15.3 Å². The lowest BCUT2D eigenvalue weighted by atomic mass is 9.99. The summed E-state index contributed by atoms with van der Waals surface area (Å²) in [5.74, 6) is -0.321. The van der Waals surface area contributed by atoms with Gasteiger partial charge in [-0.15, -0.1) is 0 Å². The normalized spacial score (nSPS) is 24.3. The molecule has 2 unspecified atom stereocenters. The molecule has 20 heavy (non-hydrogen) atoms. The van der Waals surface area contributed by atoms with Crippen LogP contribution in [0, 0.1) is 17.6 Å². The van der Waals surface area contributed by atoms with E-state index in [0.717, 1.165) is 25.6 Å². The number of nitrogens with one attached hydrogen (secondary N) is 1. The highest BCUT2D eigenvalue weighted by Crippen LogP contribution is 2.18. The maximum Gasteiger partial charge on any atom is 0.130 e. The van der Waals surface area contributed by atoms with Crippen LogP contribution in [0.4, 0.5) is 8.78 Å². The monoisotopic (exact) mass is 282 g/mol. The molecule has 1 fully saturated rings. The first kappa shape index (κ1) is 15.4. The minimum Gasteiger partial charge on any atom is -0.311 e. The maximum absolute atomic E-state index is 13.8. The molecular weight excluding hydrogens is 258 g/mol. The molecule has 0 saturated carbocycles. The molecule has 2 rings (SSSR count). The molecule has 2 atom stereocenters. The molecule has 0 aromatic heterocycles. The molecule has 0 radical (unpaired) electrons. The summed E-state index contributed by atoms with van der Waals surface area (Å²) < 4.78 is 26.7. The standard InChI is InChI=1S/C16H24F2N2/c1-11(2)6-15-10-20(12(3)8-19-15)9-13-4-5-14(17)7-16(13)18/h4-5,7,11-12,15,19H,6,8-10H2,1-3H3. The van der Waals surface area contributed by atoms with Crippen molar-refractivity contribution in [3.8, 4) is 0 Å². The quantitative estimate of drug-likeness (QED) is 0.912. The predicted octanol–water partition coefficient (Wildman–Crippen LogP) is 3.17. The van der Waals surface area contributed by atoms with Crippen LogP contribution in [-0.2, 0) is 6.54 Å². The summed E-state index contributed by atoms with van der Waals surface area (Å²) in [6, 6.07) is 4.67. The highest BCUT2D eigenvalue weighted by Gasteiger charge is 2.25. The average molecular weight is 282 g/mol. The number of benzene rings is 1. The van der Waals surface area contributed by atoms with Crippen molar-refractivity contribution >= 4 is 0 Å². The molecule has 1 heterocycles. The zero-order valence-corrected chi connectivity index (χ0v) is 12.5. The molecule has 0 bridgehead atoms. The largest absolute Gasteiger partial charge is 0.311 e. The van der Waals surface area contributed by atoms with Gasteiger partial charge in [0.15, 0.2) is 0 Å². The highest BCUT2D eigenvalue weighted by molar-refractivity contribution is 5.18. The Morgan fingerprint density at radius 2 is 2.10 bits per heavy atom. The third-order valence-electron chi connectivity index (χ3n) is 3.92. The molecule has 4 heteroatoms. The van der Waals surface area contributed by atoms with Crippen LogP contribution in [0.15, 0.2) is 18.2 Å². The van der Waals surface area contributed by atoms with Crippen LogP contribution in [0.25, 0.3) is 0 Å². The average Bonchev–Trinajstić information content (AvgIpc) is 2.36. The van der Waals surface area contributed by atoms with Gasteiger partial charge in [-0.3, -0.25) is 4.90 Å². The Labute approximate surface area is 120 Å². The summed E-state index contributed by atoms with van der Waals surface area (Å²) in [4.78, 5) is 2.28. The second-order valence-corrected chi connectivity index (χ2v) is 6.25. The van der Waals surface area contributed by atoms with Gasteiger partial charge in [-0.1, -0.05) is 19.9 Å². The van der Waals surface area contributed by atoms with Crippen molar-refractivity contribution in [2.24, 2.45) is 5.92 Å². The molecule has 1 aromatic rings. The zero-order valence-electron chi connectivity index (χ0n) is 12.5. The fourth-order valence-electron chi connectivity index (χ4n) is 2.81. The van der Waals surface area contributed by atoms with E-state index in [1.807, 2.05) is 0 Å². The van der Waals surface area contributed by atoms with Crippen molar-refractivity contribution in [1.82, 2.24) is 10.2 Å². The van der Waals surface area contributed by atoms with Gasteiger partial charge in [-0.25, -0.2) is 8.78 Å². The second kappa shape index (κ2) is 6.64. The Bertz CT molecular complexity index is 448. The van der Waals surface area contributed by atoms with Crippen LogP contribution < -0.4 is 5.32 Å². The van der Waals surface area contributed by atoms with Crippen LogP contribution in [-0.4, -0.2) is 30.1 Å². The third-order valence-corrected chi connectivity index (χ3v) is 3.92. The lowest BCUT2D eigenvalue weighted by molar-refractivity contribution is 0.123. The molecule has 1 aliphatic rings. The lowest BCUT2D eigenvalue weighted by Crippen LogP contribution is -2.55. The number of rotatable bonds is 4. The third kappa shape index (κ3) is 4.00. The maximum atomic E-state index is 13.8. The Morgan fingerprint density at radius 1 is 1.35 bits per heavy atom. The first-order valence-corrected chi connectivity index (χ1v) is 7.37. The molecule has 112 valence electrons. The highest BCUT2D eigenvalue weighted by atomic mass is 19.1. The van der Waals surface area contributed by atoms with Gasteiger partial charge in [0, 0.05) is 43.3 Å². The van der Waals surface area contributed by atoms with E-state index in [1.54, 1.807) is 6.07 Å². The van der Waals surface area contributed by atoms with Gasteiger partial charge in [0.2, 0.25) is 0 Å². The summed E-state index contributed by atoms with van der Waals surface area (Å²) in [5, 5.41) is 3.54. The van der Waals surface area contributed by atoms with Gasteiger partial charge in [0.05, 0.1) is 0 Å². The first-order valence-electron chi connectivity index (χ1n) is 7.37. The number of hydrogen-bond donors (Lipinski definition) is 1. The fourth-order valence-corrected chi connectivity index (χ4v) is 2.81. The molecule has 1 saturated heterocycles. The van der Waals surface area contributed by atoms with Gasteiger partial charge in [0.1, 0.15) is 11.6 Å². The molecule has 1 aliphatic heterocycles. The molecule has 1 aromatic carbocycles. The molecule has 0 aliphatic carbocycles. The van der Waals surface area contributed by atoms with E-state index >= 15 is 0 Å². The van der Waals surface area contributed by atoms with Crippen LogP contribution in [0.1, 0.15) is 32.8 Å². The number of halogens is 2. The van der Waals surface area contributed by atoms with Crippen molar-refractivity contribution in [1.29, 1.82) is 0 Å². The van der Waals surface area contributed by atoms with Gasteiger partial charge in [0.25, 0.3) is 0 Å². The summed E-state index contributed by atoms with van der Waals surface area (Å²) >= 11 is 0. The number of hydrogen-bond acceptors (Lipinski definition) is 2. The number of piperazine rings is 1. The molecule has 0 spiro atoms. The van der Waals surface area contributed by atoms with E-state index < -0.39 is 11.6 Å². The second-order valence-electron chi connectivity index (χ2n) is 6.25. The van der Waals surface area contributed by atoms with E-state index in [-0.39, 0.29) is 0 Å². The Hall–Kier alpha value is -1.00. The van der Waals surface area contributed by atoms with Gasteiger partial charge >= 0.3 is 0 Å². The van der Waals surface area contributed by atoms with Crippen LogP contribution in [0.3, 0.4) is 0 Å². The molecule has 1 N–H and O–H groups in total. The Morgan fingerprint density at radius 3 is 2.75 bits per heavy atom. The zero-order chi connectivity index (χ0) is 14.7. The van der Waals surface area contributed by atoms with Crippen LogP contribution >= 0.6 is 0 Å². The SMILES string of the molecule is CC(C)CC1CN(Cc2ccc(F)cc2F)C(C)CN1. The summed E-state index contributed by atoms with van der Waals surface area (Å²) in [6.07, 6.45) is 1.12. The lowest BCUT2D eigenvalue weighted by Gasteiger charge is -2.39. The smallest absolute Gasteiger partial charge is 0.130 e. The van der Waals surface area contributed by atoms with Gasteiger partial charge in [-0.2, -0.15) is 0 Å². The molecule has 2 nitrogen and oxygen atoms in total. The van der Waals surface area contributed by atoms with Gasteiger partial charge < -0.3 is 5.32 Å². The fraction of sp³-hybridized carbons (Fsp3) is 0.625. The van der Waals surface area contributed by atoms with E-state index in [9.17, 15) is 8.78 Å². The van der Waals surface area contributed by atoms with Crippen molar-refractivity contribution < 1.29 is 8.78 Å². The van der Waals surface area contributed by atoms with E-state index in [4.69, 9.17) is 0 Å². The van der Waals surface area contributed by atoms with E-state index in [0.29, 0.717) is 30.1 Å². The van der Waals surface area contributed by atoms with Crippen molar-refractivity contribution in [2.45, 2.75) is 45.8 Å². The predicted molar refractivity (Wildman–Crippen MR) is 77.5 cm³/mol. The summed E-state index contributed by atoms with van der Waals surface area (Å²) in [5.41, 5.74) is 0.573. The van der Waals surface area contributed by atoms with Crippen molar-refractivity contribution in [2.75, 3.05) is 13.1 Å². The van der Waals surface area contributed by atoms with E-state index in [1.165, 1.54) is 6.07 Å². The minimum absolute atomic E-state index is 0.364. The van der Waals surface area contributed by atoms with Crippen molar-refractivity contribution in [3.63, 3.8) is 0 Å². The first-order chi connectivity index (χ1) is 9.45. The molecular formula is C16H24F2N2. The minimum atomic E-state index is -0.516. The molecule has 0 amide bonds. The Kier molecular flexibility index (Phi) is 5.11. The summed E-state index contributed by atoms with van der Waals surface area (Å²) in [7, 11) is 0. The van der Waals surface area contributed by atoms with Crippen LogP contribution in [0.5, 0.6) is 0 Å². The van der Waals surface area contributed by atoms with Crippen molar-refractivity contribution in [3.05, 3.63) is 35.4 Å². The van der Waals surface area contributed by atoms with E-state index in [2.05, 4.69) is 31.0 Å². The van der Waals surface area contributed by atoms with Gasteiger partial charge in [-0.05, 0) is 25.3 Å². The summed E-state index contributed by atoms with van der Waals surface area (Å²) in [6.45, 7) is 8.94.